The number of aliphatic carboxylic acids is 1. The quantitative estimate of drug-likeness (QED) is 0.0198. The average Bonchev–Trinajstić information content (AvgIpc) is 3.15. The molecule has 0 aromatic rings. The molecule has 0 rings (SSSR count). The van der Waals surface area contributed by atoms with Gasteiger partial charge < -0.3 is 33.3 Å². The van der Waals surface area contributed by atoms with E-state index in [1.807, 2.05) is 21.1 Å². The lowest BCUT2D eigenvalue weighted by atomic mass is 10.0. The van der Waals surface area contributed by atoms with Crippen LogP contribution in [0.4, 0.5) is 0 Å². The molecule has 0 aliphatic rings. The SMILES string of the molecule is CC/C=C\C/C=C\C/C=C\C/C=C\CCCCCCCCCCCCC(=O)OC(COC(=O)CCCCCCCCCC)COC(OCC[N+](C)(C)C)C(=O)[O-]. The van der Waals surface area contributed by atoms with Crippen molar-refractivity contribution in [3.05, 3.63) is 48.6 Å². The van der Waals surface area contributed by atoms with E-state index in [4.69, 9.17) is 18.9 Å². The third kappa shape index (κ3) is 39.5. The lowest BCUT2D eigenvalue weighted by molar-refractivity contribution is -0.870. The van der Waals surface area contributed by atoms with E-state index in [1.165, 1.54) is 70.6 Å². The Kier molecular flexibility index (Phi) is 37.2. The lowest BCUT2D eigenvalue weighted by Gasteiger charge is -2.26. The number of allylic oxidation sites excluding steroid dienone is 8. The number of hydrogen-bond acceptors (Lipinski definition) is 8. The van der Waals surface area contributed by atoms with Crippen LogP contribution in [0.3, 0.4) is 0 Å². The number of unbranched alkanes of at least 4 members (excludes halogenated alkanes) is 17. The van der Waals surface area contributed by atoms with Crippen LogP contribution >= 0.6 is 0 Å². The highest BCUT2D eigenvalue weighted by atomic mass is 16.7. The van der Waals surface area contributed by atoms with Gasteiger partial charge in [-0.3, -0.25) is 9.59 Å². The van der Waals surface area contributed by atoms with Crippen molar-refractivity contribution in [3.8, 4) is 0 Å². The second-order valence-electron chi connectivity index (χ2n) is 16.0. The van der Waals surface area contributed by atoms with Crippen molar-refractivity contribution in [3.63, 3.8) is 0 Å². The van der Waals surface area contributed by atoms with Gasteiger partial charge in [0.2, 0.25) is 0 Å². The number of likely N-dealkylation sites (N-methyl/N-ethyl adjacent to an activating group) is 1. The van der Waals surface area contributed by atoms with Gasteiger partial charge in [0.1, 0.15) is 13.2 Å². The normalized spacial score (nSPS) is 13.4. The van der Waals surface area contributed by atoms with E-state index in [0.717, 1.165) is 70.6 Å². The fraction of sp³-hybridized carbons (Fsp3) is 0.766. The number of ether oxygens (including phenoxy) is 4. The zero-order valence-corrected chi connectivity index (χ0v) is 36.5. The predicted octanol–water partition coefficient (Wildman–Crippen LogP) is 10.3. The summed E-state index contributed by atoms with van der Waals surface area (Å²) >= 11 is 0. The van der Waals surface area contributed by atoms with Crippen molar-refractivity contribution in [2.24, 2.45) is 0 Å². The molecule has 9 nitrogen and oxygen atoms in total. The van der Waals surface area contributed by atoms with Gasteiger partial charge in [0.05, 0.1) is 40.3 Å². The smallest absolute Gasteiger partial charge is 0.306 e. The third-order valence-corrected chi connectivity index (χ3v) is 9.34. The molecule has 324 valence electrons. The molecule has 2 atom stereocenters. The van der Waals surface area contributed by atoms with Crippen LogP contribution in [0.5, 0.6) is 0 Å². The molecule has 0 aliphatic carbocycles. The van der Waals surface area contributed by atoms with E-state index in [1.54, 1.807) is 0 Å². The first-order valence-corrected chi connectivity index (χ1v) is 22.3. The first-order valence-electron chi connectivity index (χ1n) is 22.3. The molecule has 0 fully saturated rings. The molecule has 2 unspecified atom stereocenters. The number of rotatable bonds is 40. The van der Waals surface area contributed by atoms with Gasteiger partial charge in [-0.2, -0.15) is 0 Å². The molecular formula is C47H83NO8. The Labute approximate surface area is 342 Å². The first-order chi connectivity index (χ1) is 27.1. The summed E-state index contributed by atoms with van der Waals surface area (Å²) in [5.74, 6) is -2.30. The molecule has 0 spiro atoms. The number of carboxylic acid groups (broad SMARTS) is 1. The van der Waals surface area contributed by atoms with Gasteiger partial charge >= 0.3 is 11.9 Å². The molecule has 0 amide bonds. The minimum atomic E-state index is -1.62. The minimum Gasteiger partial charge on any atom is -0.545 e. The van der Waals surface area contributed by atoms with Gasteiger partial charge in [0.25, 0.3) is 0 Å². The summed E-state index contributed by atoms with van der Waals surface area (Å²) < 4.78 is 22.5. The van der Waals surface area contributed by atoms with Crippen LogP contribution in [0.15, 0.2) is 48.6 Å². The van der Waals surface area contributed by atoms with Crippen LogP contribution in [0, 0.1) is 0 Å². The van der Waals surface area contributed by atoms with Crippen molar-refractivity contribution >= 4 is 17.9 Å². The average molecular weight is 790 g/mol. The standard InChI is InChI=1S/C47H83NO8/c1-6-8-10-12-14-16-17-18-19-20-21-22-23-24-25-26-27-28-29-30-32-34-36-38-45(50)56-43(42-55-47(46(51)52)53-40-39-48(3,4)5)41-54-44(49)37-35-33-31-15-13-11-9-7-2/h8,10,14,16,18-19,21-22,43,47H,6-7,9,11-13,15,17,20,23-42H2,1-5H3/b10-8-,16-14-,19-18-,22-21-. The molecule has 0 saturated heterocycles. The summed E-state index contributed by atoms with van der Waals surface area (Å²) in [7, 11) is 5.90. The van der Waals surface area contributed by atoms with E-state index < -0.39 is 24.3 Å². The van der Waals surface area contributed by atoms with E-state index in [2.05, 4.69) is 62.5 Å². The largest absolute Gasteiger partial charge is 0.545 e. The van der Waals surface area contributed by atoms with Gasteiger partial charge in [0.15, 0.2) is 12.4 Å². The number of carboxylic acids is 1. The molecule has 0 saturated carbocycles. The van der Waals surface area contributed by atoms with Crippen molar-refractivity contribution < 1.29 is 42.9 Å². The van der Waals surface area contributed by atoms with Crippen LogP contribution in [0.1, 0.15) is 174 Å². The van der Waals surface area contributed by atoms with Crippen LogP contribution in [0.2, 0.25) is 0 Å². The van der Waals surface area contributed by atoms with Crippen LogP contribution in [-0.2, 0) is 33.3 Å². The molecule has 56 heavy (non-hydrogen) atoms. The molecule has 0 aromatic carbocycles. The summed E-state index contributed by atoms with van der Waals surface area (Å²) in [6.07, 6.45) is 41.6. The Bertz CT molecular complexity index is 1060. The molecule has 0 aromatic heterocycles. The maximum Gasteiger partial charge on any atom is 0.306 e. The molecule has 0 radical (unpaired) electrons. The van der Waals surface area contributed by atoms with E-state index in [0.29, 0.717) is 23.9 Å². The van der Waals surface area contributed by atoms with Crippen molar-refractivity contribution in [1.29, 1.82) is 0 Å². The maximum absolute atomic E-state index is 12.7. The van der Waals surface area contributed by atoms with E-state index in [-0.39, 0.29) is 32.2 Å². The van der Waals surface area contributed by atoms with Gasteiger partial charge in [-0.1, -0.05) is 159 Å². The summed E-state index contributed by atoms with van der Waals surface area (Å²) in [6, 6.07) is 0. The van der Waals surface area contributed by atoms with Gasteiger partial charge in [-0.15, -0.1) is 0 Å². The van der Waals surface area contributed by atoms with Crippen molar-refractivity contribution in [2.75, 3.05) is 47.5 Å². The fourth-order valence-corrected chi connectivity index (χ4v) is 5.88. The zero-order chi connectivity index (χ0) is 41.4. The van der Waals surface area contributed by atoms with Gasteiger partial charge in [0, 0.05) is 12.8 Å². The third-order valence-electron chi connectivity index (χ3n) is 9.34. The number of carbonyl (C=O) groups excluding carboxylic acids is 3. The second kappa shape index (κ2) is 39.1. The number of hydrogen-bond donors (Lipinski definition) is 0. The molecule has 0 heterocycles. The summed E-state index contributed by atoms with van der Waals surface area (Å²) in [5.41, 5.74) is 0. The second-order valence-corrected chi connectivity index (χ2v) is 16.0. The Hall–Kier alpha value is -2.75. The van der Waals surface area contributed by atoms with Crippen molar-refractivity contribution in [1.82, 2.24) is 0 Å². The number of carbonyl (C=O) groups is 3. The lowest BCUT2D eigenvalue weighted by Crippen LogP contribution is -2.44. The van der Waals surface area contributed by atoms with Gasteiger partial charge in [-0.25, -0.2) is 0 Å². The van der Waals surface area contributed by atoms with Gasteiger partial charge in [-0.05, 0) is 51.4 Å². The number of esters is 2. The summed E-state index contributed by atoms with van der Waals surface area (Å²) in [6.45, 7) is 4.58. The van der Waals surface area contributed by atoms with Crippen LogP contribution < -0.4 is 5.11 Å². The number of nitrogens with zero attached hydrogens (tertiary/aromatic N) is 1. The molecule has 0 N–H and O–H groups in total. The Balaban J connectivity index is 4.30. The monoisotopic (exact) mass is 790 g/mol. The molecule has 0 bridgehead atoms. The number of quaternary nitrogens is 1. The highest BCUT2D eigenvalue weighted by Crippen LogP contribution is 2.14. The minimum absolute atomic E-state index is 0.146. The highest BCUT2D eigenvalue weighted by molar-refractivity contribution is 5.70. The molecular weight excluding hydrogens is 707 g/mol. The first kappa shape index (κ1) is 53.2. The molecule has 9 heteroatoms. The maximum atomic E-state index is 12.7. The van der Waals surface area contributed by atoms with Crippen molar-refractivity contribution in [2.45, 2.75) is 187 Å². The Morgan fingerprint density at radius 1 is 0.554 bits per heavy atom. The van der Waals surface area contributed by atoms with Crippen LogP contribution in [-0.4, -0.2) is 82.3 Å². The van der Waals surface area contributed by atoms with E-state index >= 15 is 0 Å². The summed E-state index contributed by atoms with van der Waals surface area (Å²) in [4.78, 5) is 36.8. The summed E-state index contributed by atoms with van der Waals surface area (Å²) in [5, 5.41) is 11.7. The topological polar surface area (TPSA) is 111 Å². The molecule has 0 aliphatic heterocycles. The zero-order valence-electron chi connectivity index (χ0n) is 36.5. The Morgan fingerprint density at radius 2 is 1.02 bits per heavy atom. The highest BCUT2D eigenvalue weighted by Gasteiger charge is 2.21. The van der Waals surface area contributed by atoms with E-state index in [9.17, 15) is 19.5 Å². The Morgan fingerprint density at radius 3 is 1.52 bits per heavy atom. The predicted molar refractivity (Wildman–Crippen MR) is 228 cm³/mol. The van der Waals surface area contributed by atoms with Crippen LogP contribution in [0.25, 0.3) is 0 Å². The fourth-order valence-electron chi connectivity index (χ4n) is 5.88.